The highest BCUT2D eigenvalue weighted by atomic mass is 35.5. The molecule has 0 N–H and O–H groups in total. The summed E-state index contributed by atoms with van der Waals surface area (Å²) in [6.45, 7) is 1.34. The minimum absolute atomic E-state index is 0.0803. The fraction of sp³-hybridized carbons (Fsp3) is 0.125. The van der Waals surface area contributed by atoms with E-state index in [-0.39, 0.29) is 22.8 Å². The minimum atomic E-state index is -0.146. The first-order valence-corrected chi connectivity index (χ1v) is 6.71. The molecule has 0 fully saturated rings. The number of fused-ring (bicyclic) bond motifs is 2. The molecule has 106 valence electrons. The molecule has 21 heavy (non-hydrogen) atoms. The first-order valence-electron chi connectivity index (χ1n) is 6.33. The second kappa shape index (κ2) is 5.22. The van der Waals surface area contributed by atoms with E-state index in [9.17, 15) is 9.59 Å². The molecular formula is C16H11ClO4. The Morgan fingerprint density at radius 1 is 1.19 bits per heavy atom. The summed E-state index contributed by atoms with van der Waals surface area (Å²) in [5.74, 6) is 0.198. The van der Waals surface area contributed by atoms with Crippen LogP contribution < -0.4 is 10.2 Å². The summed E-state index contributed by atoms with van der Waals surface area (Å²) in [5, 5.41) is 1.15. The van der Waals surface area contributed by atoms with Crippen LogP contribution in [-0.4, -0.2) is 12.4 Å². The molecule has 0 aliphatic rings. The summed E-state index contributed by atoms with van der Waals surface area (Å²) in [6.07, 6.45) is 0. The van der Waals surface area contributed by atoms with Crippen molar-refractivity contribution in [2.45, 2.75) is 6.92 Å². The maximum absolute atomic E-state index is 12.4. The van der Waals surface area contributed by atoms with Gasteiger partial charge in [-0.15, -0.1) is 0 Å². The normalized spacial score (nSPS) is 11.0. The summed E-state index contributed by atoms with van der Waals surface area (Å²) in [6, 6.07) is 10.0. The highest BCUT2D eigenvalue weighted by Crippen LogP contribution is 2.30. The zero-order valence-electron chi connectivity index (χ0n) is 11.2. The minimum Gasteiger partial charge on any atom is -0.484 e. The van der Waals surface area contributed by atoms with E-state index in [1.54, 1.807) is 24.3 Å². The fourth-order valence-electron chi connectivity index (χ4n) is 2.09. The van der Waals surface area contributed by atoms with E-state index >= 15 is 0 Å². The Kier molecular flexibility index (Phi) is 3.39. The standard InChI is InChI=1S/C16H11ClO4/c1-9(18)8-20-15-7-14-11(6-12(15)17)16(19)10-4-2-3-5-13(10)21-14/h2-7H,8H2,1H3. The number of ether oxygens (including phenoxy) is 1. The molecular weight excluding hydrogens is 292 g/mol. The van der Waals surface area contributed by atoms with E-state index < -0.39 is 0 Å². The number of halogens is 1. The number of carbonyl (C=O) groups is 1. The van der Waals surface area contributed by atoms with Gasteiger partial charge in [-0.05, 0) is 25.1 Å². The lowest BCUT2D eigenvalue weighted by atomic mass is 10.1. The van der Waals surface area contributed by atoms with Crippen LogP contribution in [0, 0.1) is 0 Å². The summed E-state index contributed by atoms with van der Waals surface area (Å²) in [4.78, 5) is 23.4. The number of Topliss-reactive ketones (excluding diaryl/α,β-unsaturated/α-hetero) is 1. The first-order chi connectivity index (χ1) is 10.1. The van der Waals surface area contributed by atoms with Crippen molar-refractivity contribution in [3.8, 4) is 5.75 Å². The predicted octanol–water partition coefficient (Wildman–Crippen LogP) is 3.57. The smallest absolute Gasteiger partial charge is 0.200 e. The van der Waals surface area contributed by atoms with Crippen molar-refractivity contribution in [3.05, 3.63) is 51.6 Å². The predicted molar refractivity (Wildman–Crippen MR) is 81.2 cm³/mol. The van der Waals surface area contributed by atoms with E-state index in [4.69, 9.17) is 20.8 Å². The summed E-state index contributed by atoms with van der Waals surface area (Å²) in [7, 11) is 0. The third kappa shape index (κ3) is 2.50. The average molecular weight is 303 g/mol. The van der Waals surface area contributed by atoms with Gasteiger partial charge in [0.05, 0.1) is 15.8 Å². The van der Waals surface area contributed by atoms with Crippen LogP contribution in [0.3, 0.4) is 0 Å². The van der Waals surface area contributed by atoms with E-state index in [0.29, 0.717) is 27.7 Å². The number of ketones is 1. The Morgan fingerprint density at radius 2 is 1.95 bits per heavy atom. The molecule has 0 saturated heterocycles. The van der Waals surface area contributed by atoms with Gasteiger partial charge >= 0.3 is 0 Å². The monoisotopic (exact) mass is 302 g/mol. The van der Waals surface area contributed by atoms with Gasteiger partial charge in [-0.3, -0.25) is 9.59 Å². The Morgan fingerprint density at radius 3 is 2.71 bits per heavy atom. The quantitative estimate of drug-likeness (QED) is 0.694. The molecule has 4 nitrogen and oxygen atoms in total. The van der Waals surface area contributed by atoms with Gasteiger partial charge in [-0.2, -0.15) is 0 Å². The van der Waals surface area contributed by atoms with Gasteiger partial charge in [-0.25, -0.2) is 0 Å². The summed E-state index contributed by atoms with van der Waals surface area (Å²) in [5.41, 5.74) is 0.725. The molecule has 0 unspecified atom stereocenters. The molecule has 5 heteroatoms. The molecule has 0 radical (unpaired) electrons. The van der Waals surface area contributed by atoms with Crippen molar-refractivity contribution in [2.75, 3.05) is 6.61 Å². The SMILES string of the molecule is CC(=O)COc1cc2oc3ccccc3c(=O)c2cc1Cl. The van der Waals surface area contributed by atoms with Crippen molar-refractivity contribution in [1.82, 2.24) is 0 Å². The molecule has 0 saturated carbocycles. The first kappa shape index (κ1) is 13.6. The fourth-order valence-corrected chi connectivity index (χ4v) is 2.31. The number of carbonyl (C=O) groups excluding carboxylic acids is 1. The number of rotatable bonds is 3. The van der Waals surface area contributed by atoms with Crippen LogP contribution >= 0.6 is 11.6 Å². The molecule has 0 spiro atoms. The number of hydrogen-bond acceptors (Lipinski definition) is 4. The summed E-state index contributed by atoms with van der Waals surface area (Å²) < 4.78 is 11.0. The number of para-hydroxylation sites is 1. The third-order valence-electron chi connectivity index (χ3n) is 3.06. The molecule has 1 aromatic heterocycles. The van der Waals surface area contributed by atoms with Crippen LogP contribution in [0.5, 0.6) is 5.75 Å². The molecule has 0 bridgehead atoms. The van der Waals surface area contributed by atoms with Crippen molar-refractivity contribution in [3.63, 3.8) is 0 Å². The highest BCUT2D eigenvalue weighted by molar-refractivity contribution is 6.32. The Labute approximate surface area is 124 Å². The van der Waals surface area contributed by atoms with Crippen LogP contribution in [0.1, 0.15) is 6.92 Å². The molecule has 0 aliphatic carbocycles. The van der Waals surface area contributed by atoms with Gasteiger partial charge in [0.25, 0.3) is 0 Å². The second-order valence-electron chi connectivity index (χ2n) is 4.70. The average Bonchev–Trinajstić information content (AvgIpc) is 2.46. The maximum Gasteiger partial charge on any atom is 0.200 e. The highest BCUT2D eigenvalue weighted by Gasteiger charge is 2.12. The van der Waals surface area contributed by atoms with Gasteiger partial charge in [0, 0.05) is 6.07 Å². The van der Waals surface area contributed by atoms with Crippen LogP contribution in [0.4, 0.5) is 0 Å². The molecule has 3 aromatic rings. The molecule has 3 rings (SSSR count). The topological polar surface area (TPSA) is 56.5 Å². The second-order valence-corrected chi connectivity index (χ2v) is 5.10. The van der Waals surface area contributed by atoms with Crippen molar-refractivity contribution in [2.24, 2.45) is 0 Å². The molecule has 2 aromatic carbocycles. The van der Waals surface area contributed by atoms with Crippen LogP contribution in [-0.2, 0) is 4.79 Å². The Hall–Kier alpha value is -2.33. The van der Waals surface area contributed by atoms with E-state index in [0.717, 1.165) is 0 Å². The lowest BCUT2D eigenvalue weighted by Crippen LogP contribution is -2.07. The van der Waals surface area contributed by atoms with Gasteiger partial charge < -0.3 is 9.15 Å². The van der Waals surface area contributed by atoms with Crippen LogP contribution in [0.25, 0.3) is 21.9 Å². The molecule has 0 amide bonds. The van der Waals surface area contributed by atoms with Crippen molar-refractivity contribution in [1.29, 1.82) is 0 Å². The lowest BCUT2D eigenvalue weighted by Gasteiger charge is -2.08. The van der Waals surface area contributed by atoms with Gasteiger partial charge in [0.2, 0.25) is 5.43 Å². The molecule has 1 heterocycles. The van der Waals surface area contributed by atoms with E-state index in [1.165, 1.54) is 19.1 Å². The number of benzene rings is 2. The largest absolute Gasteiger partial charge is 0.484 e. The Bertz CT molecular complexity index is 911. The van der Waals surface area contributed by atoms with Crippen LogP contribution in [0.15, 0.2) is 45.6 Å². The molecule has 0 atom stereocenters. The summed E-state index contributed by atoms with van der Waals surface area (Å²) >= 11 is 6.09. The van der Waals surface area contributed by atoms with Gasteiger partial charge in [0.1, 0.15) is 23.5 Å². The third-order valence-corrected chi connectivity index (χ3v) is 3.36. The van der Waals surface area contributed by atoms with Crippen LogP contribution in [0.2, 0.25) is 5.02 Å². The number of hydrogen-bond donors (Lipinski definition) is 0. The van der Waals surface area contributed by atoms with Gasteiger partial charge in [-0.1, -0.05) is 23.7 Å². The zero-order valence-corrected chi connectivity index (χ0v) is 11.9. The zero-order chi connectivity index (χ0) is 15.0. The molecule has 0 aliphatic heterocycles. The maximum atomic E-state index is 12.4. The van der Waals surface area contributed by atoms with E-state index in [2.05, 4.69) is 0 Å². The lowest BCUT2D eigenvalue weighted by molar-refractivity contribution is -0.118. The van der Waals surface area contributed by atoms with E-state index in [1.807, 2.05) is 0 Å². The Balaban J connectivity index is 2.23. The van der Waals surface area contributed by atoms with Gasteiger partial charge in [0.15, 0.2) is 5.78 Å². The van der Waals surface area contributed by atoms with Crippen molar-refractivity contribution >= 4 is 39.3 Å². The van der Waals surface area contributed by atoms with Crippen molar-refractivity contribution < 1.29 is 13.9 Å².